The van der Waals surface area contributed by atoms with Crippen molar-refractivity contribution in [2.45, 2.75) is 0 Å². The van der Waals surface area contributed by atoms with Crippen molar-refractivity contribution < 1.29 is 14.7 Å². The van der Waals surface area contributed by atoms with E-state index in [2.05, 4.69) is 5.32 Å². The summed E-state index contributed by atoms with van der Waals surface area (Å²) in [5, 5.41) is 20.7. The molecule has 5 nitrogen and oxygen atoms in total. The molecule has 0 aromatic heterocycles. The Morgan fingerprint density at radius 3 is 2.45 bits per heavy atom. The van der Waals surface area contributed by atoms with Crippen LogP contribution < -0.4 is 5.32 Å². The Kier molecular flexibility index (Phi) is 4.68. The van der Waals surface area contributed by atoms with E-state index in [0.717, 1.165) is 0 Å². The highest BCUT2D eigenvalue weighted by Gasteiger charge is 2.10. The number of nitrogens with one attached hydrogen (secondary N) is 1. The van der Waals surface area contributed by atoms with E-state index in [1.165, 1.54) is 18.2 Å². The van der Waals surface area contributed by atoms with Crippen LogP contribution in [0.4, 0.5) is 5.69 Å². The summed E-state index contributed by atoms with van der Waals surface area (Å²) in [6, 6.07) is 16.6. The molecule has 1 amide bonds. The van der Waals surface area contributed by atoms with Crippen LogP contribution in [0.1, 0.15) is 15.9 Å². The topological polar surface area (TPSA) is 90.2 Å². The number of benzene rings is 2. The average Bonchev–Trinajstić information content (AvgIpc) is 2.53. The zero-order valence-electron chi connectivity index (χ0n) is 11.5. The zero-order valence-corrected chi connectivity index (χ0v) is 11.5. The molecule has 0 atom stereocenters. The third kappa shape index (κ3) is 3.81. The van der Waals surface area contributed by atoms with Gasteiger partial charge in [0.25, 0.3) is 5.91 Å². The van der Waals surface area contributed by atoms with Crippen molar-refractivity contribution in [2.24, 2.45) is 0 Å². The fraction of sp³-hybridized carbons (Fsp3) is 0. The molecule has 0 unspecified atom stereocenters. The molecule has 0 radical (unpaired) electrons. The van der Waals surface area contributed by atoms with Crippen molar-refractivity contribution >= 4 is 23.6 Å². The molecule has 0 spiro atoms. The standard InChI is InChI=1S/C17H12N2O3/c18-11-14(16(20)19-15-7-2-1-3-8-15)10-12-5-4-6-13(9-12)17(21)22/h1-10H,(H,19,20)(H,21,22)/b14-10+. The summed E-state index contributed by atoms with van der Waals surface area (Å²) >= 11 is 0. The Hall–Kier alpha value is -3.39. The van der Waals surface area contributed by atoms with Crippen LogP contribution in [0.15, 0.2) is 60.2 Å². The Bertz CT molecular complexity index is 774. The summed E-state index contributed by atoms with van der Waals surface area (Å²) in [5.74, 6) is -1.61. The van der Waals surface area contributed by atoms with Crippen LogP contribution in [0.5, 0.6) is 0 Å². The second-order valence-electron chi connectivity index (χ2n) is 4.42. The molecule has 2 rings (SSSR count). The summed E-state index contributed by atoms with van der Waals surface area (Å²) in [6.07, 6.45) is 1.35. The van der Waals surface area contributed by atoms with Crippen LogP contribution in [-0.2, 0) is 4.79 Å². The predicted octanol–water partition coefficient (Wildman–Crippen LogP) is 2.93. The number of carbonyl (C=O) groups is 2. The van der Waals surface area contributed by atoms with Crippen molar-refractivity contribution in [1.29, 1.82) is 5.26 Å². The van der Waals surface area contributed by atoms with E-state index in [1.807, 2.05) is 12.1 Å². The molecule has 0 saturated carbocycles. The first-order valence-corrected chi connectivity index (χ1v) is 6.41. The number of carboxylic acids is 1. The SMILES string of the molecule is N#C/C(=C\c1cccc(C(=O)O)c1)C(=O)Nc1ccccc1. The molecular formula is C17H12N2O3. The molecule has 0 bridgehead atoms. The van der Waals surface area contributed by atoms with E-state index in [9.17, 15) is 9.59 Å². The Morgan fingerprint density at radius 1 is 1.09 bits per heavy atom. The maximum Gasteiger partial charge on any atom is 0.335 e. The number of rotatable bonds is 4. The van der Waals surface area contributed by atoms with Crippen molar-refractivity contribution in [3.8, 4) is 6.07 Å². The second-order valence-corrected chi connectivity index (χ2v) is 4.42. The van der Waals surface area contributed by atoms with Gasteiger partial charge in [-0.25, -0.2) is 4.79 Å². The van der Waals surface area contributed by atoms with Crippen molar-refractivity contribution in [3.05, 3.63) is 71.3 Å². The van der Waals surface area contributed by atoms with E-state index in [1.54, 1.807) is 36.4 Å². The van der Waals surface area contributed by atoms with Gasteiger partial charge in [0.15, 0.2) is 0 Å². The third-order valence-electron chi connectivity index (χ3n) is 2.84. The van der Waals surface area contributed by atoms with Crippen LogP contribution >= 0.6 is 0 Å². The van der Waals surface area contributed by atoms with E-state index < -0.39 is 11.9 Å². The smallest absolute Gasteiger partial charge is 0.335 e. The van der Waals surface area contributed by atoms with Crippen molar-refractivity contribution in [1.82, 2.24) is 0 Å². The Balaban J connectivity index is 2.24. The lowest BCUT2D eigenvalue weighted by Gasteiger charge is -2.04. The summed E-state index contributed by atoms with van der Waals surface area (Å²) in [7, 11) is 0. The minimum atomic E-state index is -1.07. The van der Waals surface area contributed by atoms with Crippen molar-refractivity contribution in [2.75, 3.05) is 5.32 Å². The number of nitrogens with zero attached hydrogens (tertiary/aromatic N) is 1. The van der Waals surface area contributed by atoms with Gasteiger partial charge in [0.2, 0.25) is 0 Å². The van der Waals surface area contributed by atoms with E-state index >= 15 is 0 Å². The summed E-state index contributed by atoms with van der Waals surface area (Å²) < 4.78 is 0. The van der Waals surface area contributed by atoms with E-state index in [0.29, 0.717) is 11.3 Å². The molecule has 5 heteroatoms. The summed E-state index contributed by atoms with van der Waals surface area (Å²) in [6.45, 7) is 0. The van der Waals surface area contributed by atoms with Gasteiger partial charge in [-0.3, -0.25) is 4.79 Å². The quantitative estimate of drug-likeness (QED) is 0.669. The minimum absolute atomic E-state index is 0.0921. The molecule has 0 heterocycles. The number of nitriles is 1. The molecule has 22 heavy (non-hydrogen) atoms. The highest BCUT2D eigenvalue weighted by Crippen LogP contribution is 2.12. The molecule has 0 aliphatic rings. The molecule has 2 aromatic carbocycles. The normalized spacial score (nSPS) is 10.6. The van der Waals surface area contributed by atoms with Gasteiger partial charge in [-0.2, -0.15) is 5.26 Å². The lowest BCUT2D eigenvalue weighted by Crippen LogP contribution is -2.13. The number of carboxylic acid groups (broad SMARTS) is 1. The zero-order chi connectivity index (χ0) is 15.9. The second kappa shape index (κ2) is 6.86. The number of para-hydroxylation sites is 1. The molecule has 0 aliphatic carbocycles. The molecule has 0 aliphatic heterocycles. The third-order valence-corrected chi connectivity index (χ3v) is 2.84. The van der Waals surface area contributed by atoms with Gasteiger partial charge in [-0.1, -0.05) is 30.3 Å². The fourth-order valence-electron chi connectivity index (χ4n) is 1.80. The highest BCUT2D eigenvalue weighted by molar-refractivity contribution is 6.09. The molecule has 108 valence electrons. The van der Waals surface area contributed by atoms with Crippen molar-refractivity contribution in [3.63, 3.8) is 0 Å². The lowest BCUT2D eigenvalue weighted by molar-refractivity contribution is -0.112. The highest BCUT2D eigenvalue weighted by atomic mass is 16.4. The predicted molar refractivity (Wildman–Crippen MR) is 82.1 cm³/mol. The van der Waals surface area contributed by atoms with Crippen LogP contribution in [0.2, 0.25) is 0 Å². The molecular weight excluding hydrogens is 280 g/mol. The molecule has 2 aromatic rings. The lowest BCUT2D eigenvalue weighted by atomic mass is 10.1. The van der Waals surface area contributed by atoms with Gasteiger partial charge < -0.3 is 10.4 Å². The number of aromatic carboxylic acids is 1. The number of amides is 1. The number of hydrogen-bond donors (Lipinski definition) is 2. The van der Waals surface area contributed by atoms with E-state index in [4.69, 9.17) is 10.4 Å². The van der Waals surface area contributed by atoms with E-state index in [-0.39, 0.29) is 11.1 Å². The first kappa shape index (κ1) is 15.0. The molecule has 0 fully saturated rings. The van der Waals surface area contributed by atoms with Gasteiger partial charge in [-0.15, -0.1) is 0 Å². The Morgan fingerprint density at radius 2 is 1.82 bits per heavy atom. The number of hydrogen-bond acceptors (Lipinski definition) is 3. The maximum absolute atomic E-state index is 12.0. The number of carbonyl (C=O) groups excluding carboxylic acids is 1. The van der Waals surface area contributed by atoms with Gasteiger partial charge in [-0.05, 0) is 35.9 Å². The fourth-order valence-corrected chi connectivity index (χ4v) is 1.80. The summed E-state index contributed by atoms with van der Waals surface area (Å²) in [4.78, 5) is 23.0. The van der Waals surface area contributed by atoms with Gasteiger partial charge in [0.1, 0.15) is 11.6 Å². The maximum atomic E-state index is 12.0. The average molecular weight is 292 g/mol. The van der Waals surface area contributed by atoms with Crippen LogP contribution in [0, 0.1) is 11.3 Å². The minimum Gasteiger partial charge on any atom is -0.478 e. The van der Waals surface area contributed by atoms with Gasteiger partial charge in [0, 0.05) is 5.69 Å². The Labute approximate surface area is 127 Å². The summed E-state index contributed by atoms with van der Waals surface area (Å²) in [5.41, 5.74) is 1.04. The van der Waals surface area contributed by atoms with Crippen LogP contribution in [-0.4, -0.2) is 17.0 Å². The largest absolute Gasteiger partial charge is 0.478 e. The van der Waals surface area contributed by atoms with Gasteiger partial charge >= 0.3 is 5.97 Å². The van der Waals surface area contributed by atoms with Gasteiger partial charge in [0.05, 0.1) is 5.56 Å². The van der Waals surface area contributed by atoms with Crippen LogP contribution in [0.25, 0.3) is 6.08 Å². The molecule has 0 saturated heterocycles. The number of anilines is 1. The monoisotopic (exact) mass is 292 g/mol. The first-order chi connectivity index (χ1) is 10.6. The van der Waals surface area contributed by atoms with Crippen LogP contribution in [0.3, 0.4) is 0 Å². The first-order valence-electron chi connectivity index (χ1n) is 6.41. The molecule has 2 N–H and O–H groups in total.